The minimum Gasteiger partial charge on any atom is -0.497 e. The smallest absolute Gasteiger partial charge is 0.363 e. The minimum atomic E-state index is -0.495. The van der Waals surface area contributed by atoms with Gasteiger partial charge >= 0.3 is 5.97 Å². The Balaban J connectivity index is 1.66. The van der Waals surface area contributed by atoms with Crippen molar-refractivity contribution in [2.75, 3.05) is 13.9 Å². The van der Waals surface area contributed by atoms with Gasteiger partial charge in [0.15, 0.2) is 17.2 Å². The average Bonchev–Trinajstić information content (AvgIpc) is 3.21. The van der Waals surface area contributed by atoms with E-state index in [1.807, 2.05) is 24.3 Å². The fraction of sp³-hybridized carbons (Fsp3) is 0.111. The number of rotatable bonds is 3. The molecular formula is C18H13NO5. The molecule has 0 spiro atoms. The molecule has 0 saturated carbocycles. The maximum absolute atomic E-state index is 12.1. The molecule has 0 aromatic heterocycles. The molecule has 2 aromatic carbocycles. The zero-order valence-electron chi connectivity index (χ0n) is 12.8. The molecule has 24 heavy (non-hydrogen) atoms. The van der Waals surface area contributed by atoms with Gasteiger partial charge in [0.2, 0.25) is 12.7 Å². The Labute approximate surface area is 137 Å². The molecule has 0 radical (unpaired) electrons. The van der Waals surface area contributed by atoms with E-state index in [4.69, 9.17) is 18.9 Å². The highest BCUT2D eigenvalue weighted by molar-refractivity contribution is 6.13. The molecule has 0 unspecified atom stereocenters. The van der Waals surface area contributed by atoms with Crippen molar-refractivity contribution in [1.29, 1.82) is 0 Å². The number of benzene rings is 2. The van der Waals surface area contributed by atoms with Crippen LogP contribution >= 0.6 is 0 Å². The van der Waals surface area contributed by atoms with E-state index in [2.05, 4.69) is 4.99 Å². The van der Waals surface area contributed by atoms with Gasteiger partial charge in [0, 0.05) is 5.56 Å². The quantitative estimate of drug-likeness (QED) is 0.642. The first-order chi connectivity index (χ1) is 11.7. The SMILES string of the molecule is COc1cccc(/C=C2/N=C(c3ccc4c(c3)OCO4)OC2=O)c1. The summed E-state index contributed by atoms with van der Waals surface area (Å²) < 4.78 is 21.0. The largest absolute Gasteiger partial charge is 0.497 e. The van der Waals surface area contributed by atoms with Crippen LogP contribution in [0.1, 0.15) is 11.1 Å². The second-order valence-corrected chi connectivity index (χ2v) is 5.18. The van der Waals surface area contributed by atoms with Crippen LogP contribution in [-0.2, 0) is 9.53 Å². The number of nitrogens with zero attached hydrogens (tertiary/aromatic N) is 1. The van der Waals surface area contributed by atoms with Crippen LogP contribution in [0.4, 0.5) is 0 Å². The second kappa shape index (κ2) is 5.73. The van der Waals surface area contributed by atoms with Gasteiger partial charge in [0.25, 0.3) is 0 Å². The summed E-state index contributed by atoms with van der Waals surface area (Å²) in [5.41, 5.74) is 1.69. The van der Waals surface area contributed by atoms with Crippen LogP contribution in [0.2, 0.25) is 0 Å². The number of cyclic esters (lactones) is 1. The number of ether oxygens (including phenoxy) is 4. The lowest BCUT2D eigenvalue weighted by molar-refractivity contribution is -0.129. The zero-order chi connectivity index (χ0) is 16.5. The van der Waals surface area contributed by atoms with Gasteiger partial charge in [-0.15, -0.1) is 0 Å². The van der Waals surface area contributed by atoms with Crippen LogP contribution in [0.5, 0.6) is 17.2 Å². The van der Waals surface area contributed by atoms with E-state index in [1.165, 1.54) is 0 Å². The molecule has 0 amide bonds. The van der Waals surface area contributed by atoms with Crippen molar-refractivity contribution in [1.82, 2.24) is 0 Å². The fourth-order valence-electron chi connectivity index (χ4n) is 2.45. The van der Waals surface area contributed by atoms with Gasteiger partial charge in [0.1, 0.15) is 5.75 Å². The standard InChI is InChI=1S/C18H13NO5/c1-21-13-4-2-3-11(7-13)8-14-18(20)24-17(19-14)12-5-6-15-16(9-12)23-10-22-15/h2-9H,10H2,1H3/b14-8+. The summed E-state index contributed by atoms with van der Waals surface area (Å²) in [7, 11) is 1.59. The van der Waals surface area contributed by atoms with Crippen LogP contribution in [0.15, 0.2) is 53.2 Å². The number of aliphatic imine (C=N–C) groups is 1. The van der Waals surface area contributed by atoms with Crippen LogP contribution in [0.25, 0.3) is 6.08 Å². The monoisotopic (exact) mass is 323 g/mol. The van der Waals surface area contributed by atoms with Crippen LogP contribution in [0.3, 0.4) is 0 Å². The molecule has 2 aliphatic rings. The summed E-state index contributed by atoms with van der Waals surface area (Å²) in [5.74, 6) is 1.72. The normalized spacial score (nSPS) is 17.0. The molecule has 0 N–H and O–H groups in total. The molecule has 2 aromatic rings. The van der Waals surface area contributed by atoms with E-state index in [0.29, 0.717) is 22.8 Å². The number of fused-ring (bicyclic) bond motifs is 1. The zero-order valence-corrected chi connectivity index (χ0v) is 12.8. The summed E-state index contributed by atoms with van der Waals surface area (Å²) in [5, 5.41) is 0. The third-order valence-corrected chi connectivity index (χ3v) is 3.64. The lowest BCUT2D eigenvalue weighted by Gasteiger charge is -2.01. The van der Waals surface area contributed by atoms with E-state index in [1.54, 1.807) is 31.4 Å². The van der Waals surface area contributed by atoms with Crippen molar-refractivity contribution in [3.8, 4) is 17.2 Å². The molecular weight excluding hydrogens is 310 g/mol. The van der Waals surface area contributed by atoms with E-state index >= 15 is 0 Å². The lowest BCUT2D eigenvalue weighted by atomic mass is 10.2. The van der Waals surface area contributed by atoms with Gasteiger partial charge in [-0.05, 0) is 42.0 Å². The number of hydrogen-bond acceptors (Lipinski definition) is 6. The van der Waals surface area contributed by atoms with Gasteiger partial charge in [-0.1, -0.05) is 12.1 Å². The summed E-state index contributed by atoms with van der Waals surface area (Å²) in [6.45, 7) is 0.187. The van der Waals surface area contributed by atoms with Crippen molar-refractivity contribution in [2.45, 2.75) is 0 Å². The average molecular weight is 323 g/mol. The predicted molar refractivity (Wildman–Crippen MR) is 86.2 cm³/mol. The molecule has 0 aliphatic carbocycles. The van der Waals surface area contributed by atoms with Crippen molar-refractivity contribution in [2.24, 2.45) is 4.99 Å². The molecule has 0 bridgehead atoms. The molecule has 4 rings (SSSR count). The van der Waals surface area contributed by atoms with E-state index in [9.17, 15) is 4.79 Å². The van der Waals surface area contributed by atoms with E-state index in [0.717, 1.165) is 5.56 Å². The van der Waals surface area contributed by atoms with Gasteiger partial charge in [-0.25, -0.2) is 9.79 Å². The van der Waals surface area contributed by atoms with Crippen molar-refractivity contribution in [3.63, 3.8) is 0 Å². The Morgan fingerprint density at radius 3 is 2.88 bits per heavy atom. The molecule has 0 saturated heterocycles. The van der Waals surface area contributed by atoms with Crippen molar-refractivity contribution >= 4 is 17.9 Å². The van der Waals surface area contributed by atoms with E-state index in [-0.39, 0.29) is 18.4 Å². The van der Waals surface area contributed by atoms with Crippen LogP contribution < -0.4 is 14.2 Å². The molecule has 2 aliphatic heterocycles. The van der Waals surface area contributed by atoms with E-state index < -0.39 is 5.97 Å². The predicted octanol–water partition coefficient (Wildman–Crippen LogP) is 2.77. The summed E-state index contributed by atoms with van der Waals surface area (Å²) in [6, 6.07) is 12.6. The number of methoxy groups -OCH3 is 1. The number of esters is 1. The molecule has 120 valence electrons. The first kappa shape index (κ1) is 14.3. The minimum absolute atomic E-state index is 0.187. The third kappa shape index (κ3) is 2.58. The topological polar surface area (TPSA) is 66.3 Å². The Morgan fingerprint density at radius 1 is 1.12 bits per heavy atom. The summed E-state index contributed by atoms with van der Waals surface area (Å²) >= 11 is 0. The number of carbonyl (C=O) groups is 1. The Bertz CT molecular complexity index is 885. The third-order valence-electron chi connectivity index (χ3n) is 3.64. The molecule has 0 atom stereocenters. The highest BCUT2D eigenvalue weighted by atomic mass is 16.7. The fourth-order valence-corrected chi connectivity index (χ4v) is 2.45. The molecule has 6 heteroatoms. The molecule has 6 nitrogen and oxygen atoms in total. The lowest BCUT2D eigenvalue weighted by Crippen LogP contribution is -2.05. The van der Waals surface area contributed by atoms with Gasteiger partial charge in [-0.3, -0.25) is 0 Å². The molecule has 2 heterocycles. The maximum atomic E-state index is 12.1. The van der Waals surface area contributed by atoms with Crippen molar-refractivity contribution in [3.05, 3.63) is 59.3 Å². The highest BCUT2D eigenvalue weighted by Gasteiger charge is 2.25. The van der Waals surface area contributed by atoms with Gasteiger partial charge in [-0.2, -0.15) is 0 Å². The van der Waals surface area contributed by atoms with Gasteiger partial charge < -0.3 is 18.9 Å². The Hall–Kier alpha value is -3.28. The maximum Gasteiger partial charge on any atom is 0.363 e. The summed E-state index contributed by atoms with van der Waals surface area (Å²) in [6.07, 6.45) is 1.66. The van der Waals surface area contributed by atoms with Crippen molar-refractivity contribution < 1.29 is 23.7 Å². The second-order valence-electron chi connectivity index (χ2n) is 5.18. The van der Waals surface area contributed by atoms with Gasteiger partial charge in [0.05, 0.1) is 7.11 Å². The Kier molecular flexibility index (Phi) is 3.42. The Morgan fingerprint density at radius 2 is 2.00 bits per heavy atom. The highest BCUT2D eigenvalue weighted by Crippen LogP contribution is 2.33. The van der Waals surface area contributed by atoms with Crippen LogP contribution in [0, 0.1) is 0 Å². The number of hydrogen-bond donors (Lipinski definition) is 0. The summed E-state index contributed by atoms with van der Waals surface area (Å²) in [4.78, 5) is 16.3. The number of carbonyl (C=O) groups excluding carboxylic acids is 1. The first-order valence-corrected chi connectivity index (χ1v) is 7.29. The first-order valence-electron chi connectivity index (χ1n) is 7.29. The van der Waals surface area contributed by atoms with Crippen LogP contribution in [-0.4, -0.2) is 25.8 Å². The molecule has 0 fully saturated rings.